The molecule has 0 unspecified atom stereocenters. The molecule has 1 aromatic rings. The van der Waals surface area contributed by atoms with Gasteiger partial charge in [0.25, 0.3) is 0 Å². The second-order valence-corrected chi connectivity index (χ2v) is 4.13. The van der Waals surface area contributed by atoms with Gasteiger partial charge in [-0.2, -0.15) is 4.98 Å². The van der Waals surface area contributed by atoms with Gasteiger partial charge in [-0.05, 0) is 19.3 Å². The summed E-state index contributed by atoms with van der Waals surface area (Å²) in [5, 5.41) is 3.06. The lowest BCUT2D eigenvalue weighted by Gasteiger charge is -2.18. The Bertz CT molecular complexity index is 365. The predicted molar refractivity (Wildman–Crippen MR) is 62.2 cm³/mol. The normalized spacial score (nSPS) is 14.9. The summed E-state index contributed by atoms with van der Waals surface area (Å²) in [6.45, 7) is 2.87. The molecule has 1 N–H and O–H groups in total. The Kier molecular flexibility index (Phi) is 3.22. The number of hydrogen-bond acceptors (Lipinski definition) is 4. The van der Waals surface area contributed by atoms with Crippen LogP contribution in [0.1, 0.15) is 26.2 Å². The molecule has 1 fully saturated rings. The molecule has 1 aliphatic rings. The van der Waals surface area contributed by atoms with Gasteiger partial charge in [0.15, 0.2) is 11.6 Å². The molecular weight excluding hydrogens is 207 g/mol. The minimum absolute atomic E-state index is 0.351. The summed E-state index contributed by atoms with van der Waals surface area (Å²) in [6.07, 6.45) is 4.48. The van der Waals surface area contributed by atoms with E-state index in [4.69, 9.17) is 0 Å². The summed E-state index contributed by atoms with van der Waals surface area (Å²) < 4.78 is 13.5. The fourth-order valence-corrected chi connectivity index (χ4v) is 1.56. The van der Waals surface area contributed by atoms with E-state index in [9.17, 15) is 4.39 Å². The Balaban J connectivity index is 2.14. The summed E-state index contributed by atoms with van der Waals surface area (Å²) >= 11 is 0. The van der Waals surface area contributed by atoms with Crippen molar-refractivity contribution in [1.82, 2.24) is 9.97 Å². The van der Waals surface area contributed by atoms with E-state index in [2.05, 4.69) is 22.2 Å². The Hall–Kier alpha value is -1.39. The van der Waals surface area contributed by atoms with Gasteiger partial charge in [-0.15, -0.1) is 0 Å². The van der Waals surface area contributed by atoms with Crippen molar-refractivity contribution in [3.8, 4) is 0 Å². The summed E-state index contributed by atoms with van der Waals surface area (Å²) in [7, 11) is 1.88. The van der Waals surface area contributed by atoms with Crippen LogP contribution in [0.2, 0.25) is 0 Å². The molecular formula is C11H17FN4. The van der Waals surface area contributed by atoms with Gasteiger partial charge in [0.2, 0.25) is 5.95 Å². The van der Waals surface area contributed by atoms with E-state index in [1.54, 1.807) is 0 Å². The van der Waals surface area contributed by atoms with Gasteiger partial charge in [0.1, 0.15) is 0 Å². The van der Waals surface area contributed by atoms with Crippen LogP contribution < -0.4 is 10.2 Å². The van der Waals surface area contributed by atoms with Gasteiger partial charge < -0.3 is 10.2 Å². The number of nitrogens with one attached hydrogen (secondary N) is 1. The maximum absolute atomic E-state index is 13.5. The van der Waals surface area contributed by atoms with Crippen molar-refractivity contribution in [3.05, 3.63) is 12.0 Å². The Morgan fingerprint density at radius 1 is 1.56 bits per heavy atom. The van der Waals surface area contributed by atoms with Crippen LogP contribution in [0.15, 0.2) is 6.20 Å². The first-order chi connectivity index (χ1) is 7.72. The molecule has 88 valence electrons. The zero-order valence-corrected chi connectivity index (χ0v) is 9.70. The van der Waals surface area contributed by atoms with Crippen LogP contribution in [0.3, 0.4) is 0 Å². The van der Waals surface area contributed by atoms with Crippen LogP contribution in [-0.4, -0.2) is 29.6 Å². The highest BCUT2D eigenvalue weighted by Crippen LogP contribution is 2.30. The molecule has 1 heterocycles. The minimum atomic E-state index is -0.351. The molecule has 5 heteroatoms. The molecule has 0 saturated heterocycles. The van der Waals surface area contributed by atoms with Gasteiger partial charge in [0, 0.05) is 19.6 Å². The lowest BCUT2D eigenvalue weighted by molar-refractivity contribution is 0.607. The summed E-state index contributed by atoms with van der Waals surface area (Å²) in [6, 6.07) is 0.448. The van der Waals surface area contributed by atoms with Crippen LogP contribution in [0, 0.1) is 5.82 Å². The smallest absolute Gasteiger partial charge is 0.224 e. The molecule has 0 aromatic carbocycles. The molecule has 0 amide bonds. The minimum Gasteiger partial charge on any atom is -0.354 e. The summed E-state index contributed by atoms with van der Waals surface area (Å²) in [4.78, 5) is 10.0. The van der Waals surface area contributed by atoms with Crippen molar-refractivity contribution in [2.24, 2.45) is 0 Å². The number of halogens is 1. The zero-order chi connectivity index (χ0) is 11.5. The SMILES string of the molecule is CCCNc1ncc(F)c(N(C)C2CC2)n1. The monoisotopic (exact) mass is 224 g/mol. The van der Waals surface area contributed by atoms with Crippen LogP contribution in [-0.2, 0) is 0 Å². The first-order valence-electron chi connectivity index (χ1n) is 5.71. The second kappa shape index (κ2) is 4.63. The Morgan fingerprint density at radius 2 is 2.31 bits per heavy atom. The molecule has 0 bridgehead atoms. The summed E-state index contributed by atoms with van der Waals surface area (Å²) in [5.74, 6) is 0.554. The molecule has 2 rings (SSSR count). The number of rotatable bonds is 5. The van der Waals surface area contributed by atoms with Gasteiger partial charge in [0.05, 0.1) is 6.20 Å². The average Bonchev–Trinajstić information content (AvgIpc) is 3.11. The molecule has 16 heavy (non-hydrogen) atoms. The van der Waals surface area contributed by atoms with Gasteiger partial charge in [-0.25, -0.2) is 9.37 Å². The lowest BCUT2D eigenvalue weighted by atomic mass is 10.4. The highest BCUT2D eigenvalue weighted by atomic mass is 19.1. The molecule has 1 aliphatic carbocycles. The molecule has 0 spiro atoms. The predicted octanol–water partition coefficient (Wildman–Crippen LogP) is 2.04. The summed E-state index contributed by atoms with van der Waals surface area (Å²) in [5.41, 5.74) is 0. The van der Waals surface area contributed by atoms with Crippen molar-refractivity contribution in [2.45, 2.75) is 32.2 Å². The molecule has 0 radical (unpaired) electrons. The third-order valence-corrected chi connectivity index (χ3v) is 2.69. The van der Waals surface area contributed by atoms with Crippen molar-refractivity contribution in [2.75, 3.05) is 23.8 Å². The lowest BCUT2D eigenvalue weighted by Crippen LogP contribution is -2.22. The number of hydrogen-bond donors (Lipinski definition) is 1. The van der Waals surface area contributed by atoms with E-state index in [-0.39, 0.29) is 5.82 Å². The van der Waals surface area contributed by atoms with Gasteiger partial charge >= 0.3 is 0 Å². The highest BCUT2D eigenvalue weighted by molar-refractivity contribution is 5.45. The Morgan fingerprint density at radius 3 is 2.94 bits per heavy atom. The van der Waals surface area contributed by atoms with E-state index < -0.39 is 0 Å². The van der Waals surface area contributed by atoms with Crippen LogP contribution in [0.25, 0.3) is 0 Å². The maximum atomic E-state index is 13.5. The van der Waals surface area contributed by atoms with Gasteiger partial charge in [-0.1, -0.05) is 6.92 Å². The first kappa shape index (κ1) is 11.1. The van der Waals surface area contributed by atoms with Crippen LogP contribution in [0.4, 0.5) is 16.2 Å². The van der Waals surface area contributed by atoms with Crippen LogP contribution in [0.5, 0.6) is 0 Å². The fraction of sp³-hybridized carbons (Fsp3) is 0.636. The zero-order valence-electron chi connectivity index (χ0n) is 9.70. The topological polar surface area (TPSA) is 41.1 Å². The molecule has 0 aliphatic heterocycles. The van der Waals surface area contributed by atoms with E-state index >= 15 is 0 Å². The standard InChI is InChI=1S/C11H17FN4/c1-3-6-13-11-14-7-9(12)10(15-11)16(2)8-4-5-8/h7-8H,3-6H2,1-2H3,(H,13,14,15). The maximum Gasteiger partial charge on any atom is 0.224 e. The average molecular weight is 224 g/mol. The molecule has 4 nitrogen and oxygen atoms in total. The number of anilines is 2. The van der Waals surface area contributed by atoms with E-state index in [1.165, 1.54) is 6.20 Å². The van der Waals surface area contributed by atoms with E-state index in [0.717, 1.165) is 25.8 Å². The Labute approximate surface area is 94.9 Å². The number of nitrogens with zero attached hydrogens (tertiary/aromatic N) is 3. The fourth-order valence-electron chi connectivity index (χ4n) is 1.56. The van der Waals surface area contributed by atoms with Gasteiger partial charge in [-0.3, -0.25) is 0 Å². The van der Waals surface area contributed by atoms with Crippen molar-refractivity contribution >= 4 is 11.8 Å². The van der Waals surface area contributed by atoms with Crippen molar-refractivity contribution in [1.29, 1.82) is 0 Å². The highest BCUT2D eigenvalue weighted by Gasteiger charge is 2.29. The quantitative estimate of drug-likeness (QED) is 0.831. The third kappa shape index (κ3) is 2.40. The first-order valence-corrected chi connectivity index (χ1v) is 5.71. The number of aromatic nitrogens is 2. The molecule has 1 aromatic heterocycles. The molecule has 0 atom stereocenters. The largest absolute Gasteiger partial charge is 0.354 e. The van der Waals surface area contributed by atoms with Crippen LogP contribution >= 0.6 is 0 Å². The van der Waals surface area contributed by atoms with Crippen molar-refractivity contribution in [3.63, 3.8) is 0 Å². The molecule has 1 saturated carbocycles. The van der Waals surface area contributed by atoms with Crippen molar-refractivity contribution < 1.29 is 4.39 Å². The third-order valence-electron chi connectivity index (χ3n) is 2.69. The van der Waals surface area contributed by atoms with E-state index in [0.29, 0.717) is 17.8 Å². The second-order valence-electron chi connectivity index (χ2n) is 4.13. The van der Waals surface area contributed by atoms with E-state index in [1.807, 2.05) is 11.9 Å².